The first-order valence-electron chi connectivity index (χ1n) is 8.57. The van der Waals surface area contributed by atoms with Crippen LogP contribution >= 0.6 is 0 Å². The number of nitrogens with zero attached hydrogens (tertiary/aromatic N) is 5. The van der Waals surface area contributed by atoms with Gasteiger partial charge in [0.15, 0.2) is 0 Å². The molecule has 0 aliphatic carbocycles. The van der Waals surface area contributed by atoms with Gasteiger partial charge in [-0.25, -0.2) is 9.67 Å². The van der Waals surface area contributed by atoms with Gasteiger partial charge in [-0.05, 0) is 31.2 Å². The van der Waals surface area contributed by atoms with E-state index in [9.17, 15) is 4.79 Å². The number of hydrogen-bond donors (Lipinski definition) is 1. The number of carbonyl (C=O) groups is 1. The van der Waals surface area contributed by atoms with E-state index < -0.39 is 0 Å². The third kappa shape index (κ3) is 3.36. The third-order valence-corrected chi connectivity index (χ3v) is 4.50. The van der Waals surface area contributed by atoms with Crippen LogP contribution in [0, 0.1) is 6.92 Å². The molecule has 4 rings (SSSR count). The fourth-order valence-electron chi connectivity index (χ4n) is 3.22. The summed E-state index contributed by atoms with van der Waals surface area (Å²) in [7, 11) is 0. The van der Waals surface area contributed by atoms with E-state index in [-0.39, 0.29) is 11.9 Å². The highest BCUT2D eigenvalue weighted by molar-refractivity contribution is 5.82. The van der Waals surface area contributed by atoms with Crippen LogP contribution in [0.25, 0.3) is 5.69 Å². The van der Waals surface area contributed by atoms with E-state index in [4.69, 9.17) is 4.42 Å². The van der Waals surface area contributed by atoms with Crippen LogP contribution in [0.3, 0.4) is 0 Å². The average molecular weight is 352 g/mol. The molecule has 1 atom stereocenters. The van der Waals surface area contributed by atoms with Crippen molar-refractivity contribution >= 4 is 5.91 Å². The molecule has 0 spiro atoms. The molecule has 1 fully saturated rings. The highest BCUT2D eigenvalue weighted by atomic mass is 16.3. The minimum absolute atomic E-state index is 0.00352. The number of piperazine rings is 1. The number of furan rings is 1. The minimum Gasteiger partial charge on any atom is -0.465 e. The molecule has 8 nitrogen and oxygen atoms in total. The van der Waals surface area contributed by atoms with E-state index in [0.717, 1.165) is 29.6 Å². The molecule has 1 amide bonds. The number of aryl methyl sites for hydroxylation is 1. The monoisotopic (exact) mass is 352 g/mol. The number of rotatable bonds is 5. The summed E-state index contributed by atoms with van der Waals surface area (Å²) in [6.45, 7) is 3.90. The van der Waals surface area contributed by atoms with Gasteiger partial charge >= 0.3 is 0 Å². The molecule has 0 aromatic carbocycles. The lowest BCUT2D eigenvalue weighted by atomic mass is 10.1. The molecule has 1 saturated heterocycles. The van der Waals surface area contributed by atoms with Gasteiger partial charge in [-0.2, -0.15) is 5.10 Å². The Bertz CT molecular complexity index is 888. The van der Waals surface area contributed by atoms with E-state index in [2.05, 4.69) is 25.3 Å². The molecular formula is C18H20N6O2. The van der Waals surface area contributed by atoms with Crippen LogP contribution in [0.4, 0.5) is 0 Å². The standard InChI is InChI=1S/C18H20N6O2/c1-13-2-3-15(26-13)11-23-9-8-20-18(25)16(23)10-17-21-12-22-24(17)14-4-6-19-7-5-14/h2-7,12,16H,8-11H2,1H3,(H,20,25)/t16-/m0/s1. The molecule has 1 aliphatic rings. The summed E-state index contributed by atoms with van der Waals surface area (Å²) < 4.78 is 7.43. The van der Waals surface area contributed by atoms with E-state index in [0.29, 0.717) is 19.5 Å². The molecule has 1 aliphatic heterocycles. The molecule has 26 heavy (non-hydrogen) atoms. The predicted octanol–water partition coefficient (Wildman–Crippen LogP) is 1.11. The quantitative estimate of drug-likeness (QED) is 0.740. The van der Waals surface area contributed by atoms with Crippen molar-refractivity contribution in [3.8, 4) is 5.69 Å². The second-order valence-electron chi connectivity index (χ2n) is 6.29. The van der Waals surface area contributed by atoms with E-state index in [1.54, 1.807) is 17.1 Å². The molecule has 3 aromatic rings. The zero-order chi connectivity index (χ0) is 17.9. The fraction of sp³-hybridized carbons (Fsp3) is 0.333. The van der Waals surface area contributed by atoms with Gasteiger partial charge in [0.2, 0.25) is 5.91 Å². The largest absolute Gasteiger partial charge is 0.465 e. The first-order valence-corrected chi connectivity index (χ1v) is 8.57. The molecule has 1 N–H and O–H groups in total. The maximum absolute atomic E-state index is 12.5. The second-order valence-corrected chi connectivity index (χ2v) is 6.29. The van der Waals surface area contributed by atoms with Crippen LogP contribution in [0.1, 0.15) is 17.3 Å². The number of aromatic nitrogens is 4. The molecular weight excluding hydrogens is 332 g/mol. The van der Waals surface area contributed by atoms with Crippen LogP contribution < -0.4 is 5.32 Å². The van der Waals surface area contributed by atoms with Gasteiger partial charge in [-0.1, -0.05) is 0 Å². The topological polar surface area (TPSA) is 89.1 Å². The molecule has 4 heterocycles. The summed E-state index contributed by atoms with van der Waals surface area (Å²) in [5.74, 6) is 2.47. The summed E-state index contributed by atoms with van der Waals surface area (Å²) in [5, 5.41) is 7.24. The van der Waals surface area contributed by atoms with Gasteiger partial charge in [0.25, 0.3) is 0 Å². The smallest absolute Gasteiger partial charge is 0.237 e. The van der Waals surface area contributed by atoms with Gasteiger partial charge in [0.05, 0.1) is 18.3 Å². The van der Waals surface area contributed by atoms with E-state index in [1.165, 1.54) is 6.33 Å². The Hall–Kier alpha value is -3.00. The van der Waals surface area contributed by atoms with Gasteiger partial charge in [-0.3, -0.25) is 14.7 Å². The SMILES string of the molecule is Cc1ccc(CN2CCNC(=O)[C@@H]2Cc2ncnn2-c2ccncc2)o1. The highest BCUT2D eigenvalue weighted by Crippen LogP contribution is 2.17. The van der Waals surface area contributed by atoms with Crippen LogP contribution in [-0.4, -0.2) is 49.7 Å². The van der Waals surface area contributed by atoms with Crippen LogP contribution in [0.5, 0.6) is 0 Å². The van der Waals surface area contributed by atoms with Crippen LogP contribution in [0.2, 0.25) is 0 Å². The number of pyridine rings is 1. The van der Waals surface area contributed by atoms with Gasteiger partial charge < -0.3 is 9.73 Å². The van der Waals surface area contributed by atoms with Crippen molar-refractivity contribution in [2.45, 2.75) is 25.9 Å². The lowest BCUT2D eigenvalue weighted by Crippen LogP contribution is -2.55. The molecule has 0 radical (unpaired) electrons. The predicted molar refractivity (Wildman–Crippen MR) is 93.5 cm³/mol. The van der Waals surface area contributed by atoms with Gasteiger partial charge in [0.1, 0.15) is 23.7 Å². The number of nitrogens with one attached hydrogen (secondary N) is 1. The van der Waals surface area contributed by atoms with Crippen molar-refractivity contribution in [2.75, 3.05) is 13.1 Å². The lowest BCUT2D eigenvalue weighted by molar-refractivity contribution is -0.129. The molecule has 8 heteroatoms. The summed E-state index contributed by atoms with van der Waals surface area (Å²) in [6.07, 6.45) is 5.39. The Morgan fingerprint density at radius 3 is 2.88 bits per heavy atom. The van der Waals surface area contributed by atoms with Gasteiger partial charge in [-0.15, -0.1) is 0 Å². The minimum atomic E-state index is -0.320. The Balaban J connectivity index is 1.57. The fourth-order valence-corrected chi connectivity index (χ4v) is 3.22. The van der Waals surface area contributed by atoms with Crippen molar-refractivity contribution in [1.82, 2.24) is 30.0 Å². The second kappa shape index (κ2) is 7.09. The van der Waals surface area contributed by atoms with Crippen molar-refractivity contribution in [1.29, 1.82) is 0 Å². The molecule has 134 valence electrons. The third-order valence-electron chi connectivity index (χ3n) is 4.50. The lowest BCUT2D eigenvalue weighted by Gasteiger charge is -2.34. The summed E-state index contributed by atoms with van der Waals surface area (Å²) in [6, 6.07) is 7.30. The number of carbonyl (C=O) groups excluding carboxylic acids is 1. The zero-order valence-corrected chi connectivity index (χ0v) is 14.5. The van der Waals surface area contributed by atoms with Crippen molar-refractivity contribution in [3.05, 3.63) is 60.3 Å². The summed E-state index contributed by atoms with van der Waals surface area (Å²) >= 11 is 0. The highest BCUT2D eigenvalue weighted by Gasteiger charge is 2.31. The van der Waals surface area contributed by atoms with Crippen molar-refractivity contribution < 1.29 is 9.21 Å². The van der Waals surface area contributed by atoms with E-state index in [1.807, 2.05) is 31.2 Å². The van der Waals surface area contributed by atoms with E-state index >= 15 is 0 Å². The van der Waals surface area contributed by atoms with Crippen LogP contribution in [-0.2, 0) is 17.8 Å². The molecule has 0 bridgehead atoms. The van der Waals surface area contributed by atoms with Gasteiger partial charge in [0, 0.05) is 31.9 Å². The number of amides is 1. The summed E-state index contributed by atoms with van der Waals surface area (Å²) in [5.41, 5.74) is 0.872. The number of hydrogen-bond acceptors (Lipinski definition) is 6. The molecule has 0 unspecified atom stereocenters. The maximum atomic E-state index is 12.5. The maximum Gasteiger partial charge on any atom is 0.237 e. The normalized spacial score (nSPS) is 18.0. The zero-order valence-electron chi connectivity index (χ0n) is 14.5. The summed E-state index contributed by atoms with van der Waals surface area (Å²) in [4.78, 5) is 23.0. The Morgan fingerprint density at radius 2 is 2.12 bits per heavy atom. The first kappa shape index (κ1) is 16.5. The van der Waals surface area contributed by atoms with Crippen molar-refractivity contribution in [2.24, 2.45) is 0 Å². The average Bonchev–Trinajstić information content (AvgIpc) is 3.27. The molecule has 3 aromatic heterocycles. The van der Waals surface area contributed by atoms with Crippen LogP contribution in [0.15, 0.2) is 47.4 Å². The Labute approximate surface area is 150 Å². The Morgan fingerprint density at radius 1 is 1.27 bits per heavy atom. The van der Waals surface area contributed by atoms with Crippen molar-refractivity contribution in [3.63, 3.8) is 0 Å². The Kier molecular flexibility index (Phi) is 4.49. The first-order chi connectivity index (χ1) is 12.7. The molecule has 0 saturated carbocycles.